The summed E-state index contributed by atoms with van der Waals surface area (Å²) in [5, 5.41) is 2.68. The zero-order chi connectivity index (χ0) is 17.4. The lowest BCUT2D eigenvalue weighted by Crippen LogP contribution is -2.29. The quantitative estimate of drug-likeness (QED) is 0.654. The Kier molecular flexibility index (Phi) is 6.14. The number of carbonyl (C=O) groups is 2. The lowest BCUT2D eigenvalue weighted by Gasteiger charge is -2.14. The summed E-state index contributed by atoms with van der Waals surface area (Å²) in [4.78, 5) is 23.9. The molecule has 1 amide bonds. The molecule has 0 saturated carbocycles. The number of ether oxygens (including phenoxy) is 2. The third-order valence-corrected chi connectivity index (χ3v) is 3.24. The molecule has 5 nitrogen and oxygen atoms in total. The molecule has 2 aromatic rings. The smallest absolute Gasteiger partial charge is 0.331 e. The van der Waals surface area contributed by atoms with Gasteiger partial charge in [0.2, 0.25) is 0 Å². The average molecular weight is 325 g/mol. The maximum atomic E-state index is 12.1. The summed E-state index contributed by atoms with van der Waals surface area (Å²) in [6, 6.07) is 16.4. The summed E-state index contributed by atoms with van der Waals surface area (Å²) in [6.07, 6.45) is 2.00. The first-order chi connectivity index (χ1) is 11.6. The van der Waals surface area contributed by atoms with Gasteiger partial charge in [0, 0.05) is 6.08 Å². The van der Waals surface area contributed by atoms with Gasteiger partial charge in [-0.25, -0.2) is 4.79 Å². The average Bonchev–Trinajstić information content (AvgIpc) is 2.61. The Morgan fingerprint density at radius 1 is 1.04 bits per heavy atom. The van der Waals surface area contributed by atoms with Crippen LogP contribution >= 0.6 is 0 Å². The lowest BCUT2D eigenvalue weighted by molar-refractivity contribution is -0.148. The van der Waals surface area contributed by atoms with Crippen LogP contribution in [0, 0.1) is 0 Å². The van der Waals surface area contributed by atoms with Crippen molar-refractivity contribution < 1.29 is 19.1 Å². The number of amides is 1. The summed E-state index contributed by atoms with van der Waals surface area (Å²) in [7, 11) is 1.52. The van der Waals surface area contributed by atoms with E-state index in [-0.39, 0.29) is 0 Å². The number of hydrogen-bond acceptors (Lipinski definition) is 4. The van der Waals surface area contributed by atoms with Crippen LogP contribution in [0.5, 0.6) is 5.75 Å². The number of carbonyl (C=O) groups excluding carboxylic acids is 2. The van der Waals surface area contributed by atoms with E-state index in [0.717, 1.165) is 5.56 Å². The van der Waals surface area contributed by atoms with Gasteiger partial charge in [0.05, 0.1) is 12.8 Å². The third kappa shape index (κ3) is 4.98. The van der Waals surface area contributed by atoms with Crippen molar-refractivity contribution >= 4 is 23.6 Å². The number of methoxy groups -OCH3 is 1. The Morgan fingerprint density at radius 3 is 2.42 bits per heavy atom. The molecule has 0 aromatic heterocycles. The molecular formula is C19H19NO4. The van der Waals surface area contributed by atoms with Gasteiger partial charge >= 0.3 is 5.97 Å². The second-order valence-electron chi connectivity index (χ2n) is 5.01. The van der Waals surface area contributed by atoms with Gasteiger partial charge < -0.3 is 14.8 Å². The largest absolute Gasteiger partial charge is 0.495 e. The predicted molar refractivity (Wildman–Crippen MR) is 92.7 cm³/mol. The first kappa shape index (κ1) is 17.3. The van der Waals surface area contributed by atoms with Crippen LogP contribution in [0.3, 0.4) is 0 Å². The van der Waals surface area contributed by atoms with Crippen molar-refractivity contribution in [1.82, 2.24) is 0 Å². The number of benzene rings is 2. The van der Waals surface area contributed by atoms with E-state index in [1.54, 1.807) is 30.3 Å². The Morgan fingerprint density at radius 2 is 1.71 bits per heavy atom. The Balaban J connectivity index is 1.91. The molecule has 0 aliphatic heterocycles. The molecule has 0 fully saturated rings. The molecule has 0 saturated heterocycles. The number of nitrogens with one attached hydrogen (secondary N) is 1. The third-order valence-electron chi connectivity index (χ3n) is 3.24. The van der Waals surface area contributed by atoms with Crippen LogP contribution < -0.4 is 10.1 Å². The SMILES string of the molecule is COc1ccccc1NC(=O)[C@@H](C)OC(=O)/C=C/c1ccccc1. The topological polar surface area (TPSA) is 64.6 Å². The normalized spacial score (nSPS) is 11.8. The molecule has 2 aromatic carbocycles. The highest BCUT2D eigenvalue weighted by Gasteiger charge is 2.17. The van der Waals surface area contributed by atoms with Crippen molar-refractivity contribution in [3.05, 3.63) is 66.2 Å². The number of hydrogen-bond donors (Lipinski definition) is 1. The van der Waals surface area contributed by atoms with Gasteiger partial charge in [-0.3, -0.25) is 4.79 Å². The molecule has 0 radical (unpaired) electrons. The molecule has 2 rings (SSSR count). The summed E-state index contributed by atoms with van der Waals surface area (Å²) in [5.74, 6) is -0.476. The Hall–Kier alpha value is -3.08. The molecule has 0 bridgehead atoms. The molecule has 0 aliphatic carbocycles. The van der Waals surface area contributed by atoms with Gasteiger partial charge in [-0.05, 0) is 30.7 Å². The highest BCUT2D eigenvalue weighted by atomic mass is 16.5. The zero-order valence-electron chi connectivity index (χ0n) is 13.6. The van der Waals surface area contributed by atoms with Crippen molar-refractivity contribution in [3.8, 4) is 5.75 Å². The molecule has 1 N–H and O–H groups in total. The van der Waals surface area contributed by atoms with Gasteiger partial charge in [0.1, 0.15) is 5.75 Å². The van der Waals surface area contributed by atoms with Crippen LogP contribution in [-0.4, -0.2) is 25.1 Å². The van der Waals surface area contributed by atoms with Gasteiger partial charge in [-0.2, -0.15) is 0 Å². The van der Waals surface area contributed by atoms with E-state index in [9.17, 15) is 9.59 Å². The van der Waals surface area contributed by atoms with Crippen molar-refractivity contribution in [1.29, 1.82) is 0 Å². The molecule has 0 spiro atoms. The number of rotatable bonds is 6. The standard InChI is InChI=1S/C19H19NO4/c1-14(19(22)20-16-10-6-7-11-17(16)23-2)24-18(21)13-12-15-8-4-3-5-9-15/h3-14H,1-2H3,(H,20,22)/b13-12+/t14-/m1/s1. The summed E-state index contributed by atoms with van der Waals surface area (Å²) in [5.41, 5.74) is 1.40. The monoisotopic (exact) mass is 325 g/mol. The van der Waals surface area contributed by atoms with Crippen LogP contribution in [0.15, 0.2) is 60.7 Å². The molecule has 5 heteroatoms. The van der Waals surface area contributed by atoms with Gasteiger partial charge in [-0.15, -0.1) is 0 Å². The van der Waals surface area contributed by atoms with Gasteiger partial charge in [0.15, 0.2) is 6.10 Å². The van der Waals surface area contributed by atoms with E-state index in [0.29, 0.717) is 11.4 Å². The molecular weight excluding hydrogens is 306 g/mol. The maximum absolute atomic E-state index is 12.1. The van der Waals surface area contributed by atoms with Crippen LogP contribution in [0.25, 0.3) is 6.08 Å². The highest BCUT2D eigenvalue weighted by molar-refractivity contribution is 5.97. The van der Waals surface area contributed by atoms with E-state index in [1.165, 1.54) is 20.1 Å². The molecule has 0 heterocycles. The number of anilines is 1. The molecule has 124 valence electrons. The lowest BCUT2D eigenvalue weighted by atomic mass is 10.2. The molecule has 24 heavy (non-hydrogen) atoms. The van der Waals surface area contributed by atoms with Crippen molar-refractivity contribution in [2.24, 2.45) is 0 Å². The minimum atomic E-state index is -0.928. The molecule has 0 aliphatic rings. The van der Waals surface area contributed by atoms with Crippen LogP contribution in [-0.2, 0) is 14.3 Å². The second-order valence-corrected chi connectivity index (χ2v) is 5.01. The van der Waals surface area contributed by atoms with Crippen LogP contribution in [0.4, 0.5) is 5.69 Å². The Bertz CT molecular complexity index is 725. The predicted octanol–water partition coefficient (Wildman–Crippen LogP) is 3.28. The summed E-state index contributed by atoms with van der Waals surface area (Å²) in [6.45, 7) is 1.51. The summed E-state index contributed by atoms with van der Waals surface area (Å²) < 4.78 is 10.3. The van der Waals surface area contributed by atoms with Crippen molar-refractivity contribution in [2.45, 2.75) is 13.0 Å². The van der Waals surface area contributed by atoms with E-state index >= 15 is 0 Å². The fourth-order valence-corrected chi connectivity index (χ4v) is 1.98. The second kappa shape index (κ2) is 8.53. The zero-order valence-corrected chi connectivity index (χ0v) is 13.6. The van der Waals surface area contributed by atoms with E-state index < -0.39 is 18.0 Å². The van der Waals surface area contributed by atoms with E-state index in [2.05, 4.69) is 5.32 Å². The van der Waals surface area contributed by atoms with Crippen LogP contribution in [0.1, 0.15) is 12.5 Å². The number of esters is 1. The molecule has 0 unspecified atom stereocenters. The Labute approximate surface area is 140 Å². The summed E-state index contributed by atoms with van der Waals surface area (Å²) >= 11 is 0. The van der Waals surface area contributed by atoms with E-state index in [4.69, 9.17) is 9.47 Å². The van der Waals surface area contributed by atoms with Gasteiger partial charge in [-0.1, -0.05) is 42.5 Å². The van der Waals surface area contributed by atoms with Crippen molar-refractivity contribution in [3.63, 3.8) is 0 Å². The molecule has 1 atom stereocenters. The van der Waals surface area contributed by atoms with Crippen molar-refractivity contribution in [2.75, 3.05) is 12.4 Å². The van der Waals surface area contributed by atoms with E-state index in [1.807, 2.05) is 30.3 Å². The first-order valence-corrected chi connectivity index (χ1v) is 7.48. The fraction of sp³-hybridized carbons (Fsp3) is 0.158. The fourth-order valence-electron chi connectivity index (χ4n) is 1.98. The van der Waals surface area contributed by atoms with Crippen LogP contribution in [0.2, 0.25) is 0 Å². The highest BCUT2D eigenvalue weighted by Crippen LogP contribution is 2.23. The minimum absolute atomic E-state index is 0.430. The minimum Gasteiger partial charge on any atom is -0.495 e. The number of para-hydroxylation sites is 2. The maximum Gasteiger partial charge on any atom is 0.331 e. The first-order valence-electron chi connectivity index (χ1n) is 7.48. The van der Waals surface area contributed by atoms with Gasteiger partial charge in [0.25, 0.3) is 5.91 Å².